The van der Waals surface area contributed by atoms with Gasteiger partial charge in [-0.2, -0.15) is 5.10 Å². The number of amides is 1. The molecule has 1 fully saturated rings. The molecule has 0 spiro atoms. The molecular weight excluding hydrogens is 440 g/mol. The molecule has 0 saturated heterocycles. The Morgan fingerprint density at radius 1 is 1.29 bits per heavy atom. The molecule has 9 nitrogen and oxygen atoms in total. The molecule has 2 aromatic heterocycles. The summed E-state index contributed by atoms with van der Waals surface area (Å²) in [6, 6.07) is -0.663. The minimum absolute atomic E-state index is 0.0341. The third kappa shape index (κ3) is 6.36. The van der Waals surface area contributed by atoms with E-state index in [9.17, 15) is 18.0 Å². The molecule has 31 heavy (non-hydrogen) atoms. The van der Waals surface area contributed by atoms with Crippen molar-refractivity contribution < 1.29 is 22.7 Å². The lowest BCUT2D eigenvalue weighted by atomic mass is 9.98. The highest BCUT2D eigenvalue weighted by atomic mass is 32.2. The van der Waals surface area contributed by atoms with Gasteiger partial charge in [0.15, 0.2) is 15.0 Å². The van der Waals surface area contributed by atoms with Gasteiger partial charge in [0, 0.05) is 6.20 Å². The SMILES string of the molecule is CC.CCS(=O)(=O)c1cnn(C(CC2CCCC2)C(=O)Nc2ncc(C(=O)OC)s2)c1. The molecule has 0 aliphatic heterocycles. The topological polar surface area (TPSA) is 120 Å². The predicted molar refractivity (Wildman–Crippen MR) is 119 cm³/mol. The number of thiazole rings is 1. The first-order chi connectivity index (χ1) is 14.8. The van der Waals surface area contributed by atoms with Crippen molar-refractivity contribution in [2.24, 2.45) is 5.92 Å². The Labute approximate surface area is 187 Å². The fourth-order valence-electron chi connectivity index (χ4n) is 3.43. The van der Waals surface area contributed by atoms with Crippen LogP contribution in [0.1, 0.15) is 68.6 Å². The van der Waals surface area contributed by atoms with Crippen LogP contribution in [0.15, 0.2) is 23.5 Å². The van der Waals surface area contributed by atoms with Crippen LogP contribution in [0, 0.1) is 5.92 Å². The van der Waals surface area contributed by atoms with Gasteiger partial charge in [-0.1, -0.05) is 57.8 Å². The Morgan fingerprint density at radius 2 is 1.97 bits per heavy atom. The average Bonchev–Trinajstić information content (AvgIpc) is 3.54. The maximum atomic E-state index is 13.0. The molecule has 0 aromatic carbocycles. The Bertz CT molecular complexity index is 977. The zero-order chi connectivity index (χ0) is 23.0. The molecule has 2 aromatic rings. The molecule has 1 aliphatic carbocycles. The van der Waals surface area contributed by atoms with Crippen LogP contribution in [-0.4, -0.2) is 47.9 Å². The van der Waals surface area contributed by atoms with Gasteiger partial charge in [0.25, 0.3) is 5.91 Å². The molecule has 0 radical (unpaired) electrons. The average molecular weight is 471 g/mol. The number of aromatic nitrogens is 3. The fourth-order valence-corrected chi connectivity index (χ4v) is 4.98. The minimum atomic E-state index is -3.41. The number of hydrogen-bond acceptors (Lipinski definition) is 8. The molecule has 1 saturated carbocycles. The molecule has 1 atom stereocenters. The summed E-state index contributed by atoms with van der Waals surface area (Å²) in [5.41, 5.74) is 0. The molecular formula is C20H30N4O5S2. The summed E-state index contributed by atoms with van der Waals surface area (Å²) in [4.78, 5) is 29.0. The van der Waals surface area contributed by atoms with Crippen LogP contribution in [0.2, 0.25) is 0 Å². The number of hydrogen-bond donors (Lipinski definition) is 1. The van der Waals surface area contributed by atoms with Gasteiger partial charge in [0.2, 0.25) is 0 Å². The van der Waals surface area contributed by atoms with Crippen LogP contribution in [0.5, 0.6) is 0 Å². The summed E-state index contributed by atoms with van der Waals surface area (Å²) >= 11 is 1.02. The number of carbonyl (C=O) groups excluding carboxylic acids is 2. The van der Waals surface area contributed by atoms with E-state index in [1.165, 1.54) is 30.4 Å². The van der Waals surface area contributed by atoms with E-state index in [-0.39, 0.29) is 26.6 Å². The van der Waals surface area contributed by atoms with Crippen molar-refractivity contribution in [3.63, 3.8) is 0 Å². The maximum Gasteiger partial charge on any atom is 0.349 e. The van der Waals surface area contributed by atoms with E-state index in [1.54, 1.807) is 6.92 Å². The molecule has 2 heterocycles. The number of rotatable bonds is 8. The smallest absolute Gasteiger partial charge is 0.349 e. The number of methoxy groups -OCH3 is 1. The summed E-state index contributed by atoms with van der Waals surface area (Å²) < 4.78 is 30.3. The van der Waals surface area contributed by atoms with Gasteiger partial charge >= 0.3 is 5.97 Å². The van der Waals surface area contributed by atoms with E-state index in [1.807, 2.05) is 13.8 Å². The third-order valence-electron chi connectivity index (χ3n) is 5.09. The van der Waals surface area contributed by atoms with Crippen LogP contribution in [0.25, 0.3) is 0 Å². The standard InChI is InChI=1S/C18H24N4O5S2.C2H6/c1-3-29(25,26)13-9-20-22(11-13)14(8-12-6-4-5-7-12)16(23)21-18-19-10-15(28-18)17(24)27-2;1-2/h9-12,14H,3-8H2,1-2H3,(H,19,21,23);1-2H3. The lowest BCUT2D eigenvalue weighted by Gasteiger charge is -2.20. The van der Waals surface area contributed by atoms with Crippen LogP contribution in [0.4, 0.5) is 5.13 Å². The third-order valence-corrected chi connectivity index (χ3v) is 7.67. The second-order valence-corrected chi connectivity index (χ2v) is 10.3. The van der Waals surface area contributed by atoms with Gasteiger partial charge < -0.3 is 10.1 Å². The van der Waals surface area contributed by atoms with Gasteiger partial charge in [-0.15, -0.1) is 0 Å². The second kappa shape index (κ2) is 11.4. The Balaban J connectivity index is 0.00000166. The highest BCUT2D eigenvalue weighted by Crippen LogP contribution is 2.33. The van der Waals surface area contributed by atoms with Gasteiger partial charge in [0.05, 0.1) is 25.3 Å². The quantitative estimate of drug-likeness (QED) is 0.584. The van der Waals surface area contributed by atoms with E-state index in [0.717, 1.165) is 37.0 Å². The van der Waals surface area contributed by atoms with Gasteiger partial charge in [-0.05, 0) is 12.3 Å². The van der Waals surface area contributed by atoms with Crippen LogP contribution in [0.3, 0.4) is 0 Å². The highest BCUT2D eigenvalue weighted by molar-refractivity contribution is 7.91. The first-order valence-corrected chi connectivity index (χ1v) is 12.9. The number of nitrogens with zero attached hydrogens (tertiary/aromatic N) is 3. The molecule has 1 aliphatic rings. The molecule has 11 heteroatoms. The van der Waals surface area contributed by atoms with Crippen LogP contribution >= 0.6 is 11.3 Å². The highest BCUT2D eigenvalue weighted by Gasteiger charge is 2.29. The molecule has 172 valence electrons. The van der Waals surface area contributed by atoms with E-state index >= 15 is 0 Å². The molecule has 1 amide bonds. The number of esters is 1. The van der Waals surface area contributed by atoms with Crippen molar-refractivity contribution in [1.82, 2.24) is 14.8 Å². The normalized spacial score (nSPS) is 15.1. The molecule has 0 bridgehead atoms. The lowest BCUT2D eigenvalue weighted by Crippen LogP contribution is -2.28. The minimum Gasteiger partial charge on any atom is -0.465 e. The first-order valence-electron chi connectivity index (χ1n) is 10.5. The number of anilines is 1. The summed E-state index contributed by atoms with van der Waals surface area (Å²) in [6.07, 6.45) is 8.94. The van der Waals surface area contributed by atoms with E-state index < -0.39 is 21.8 Å². The van der Waals surface area contributed by atoms with Crippen molar-refractivity contribution in [3.8, 4) is 0 Å². The molecule has 1 N–H and O–H groups in total. The lowest BCUT2D eigenvalue weighted by molar-refractivity contribution is -0.120. The largest absolute Gasteiger partial charge is 0.465 e. The number of ether oxygens (including phenoxy) is 1. The fraction of sp³-hybridized carbons (Fsp3) is 0.600. The van der Waals surface area contributed by atoms with Gasteiger partial charge in [-0.25, -0.2) is 18.2 Å². The van der Waals surface area contributed by atoms with Crippen molar-refractivity contribution in [1.29, 1.82) is 0 Å². The van der Waals surface area contributed by atoms with Crippen molar-refractivity contribution >= 4 is 38.2 Å². The zero-order valence-corrected chi connectivity index (χ0v) is 20.0. The van der Waals surface area contributed by atoms with Crippen molar-refractivity contribution in [2.45, 2.75) is 63.8 Å². The summed E-state index contributed by atoms with van der Waals surface area (Å²) in [7, 11) is -2.13. The second-order valence-electron chi connectivity index (χ2n) is 6.97. The van der Waals surface area contributed by atoms with Crippen molar-refractivity contribution in [3.05, 3.63) is 23.5 Å². The Hall–Kier alpha value is -2.27. The van der Waals surface area contributed by atoms with Crippen LogP contribution < -0.4 is 5.32 Å². The monoisotopic (exact) mass is 470 g/mol. The summed E-state index contributed by atoms with van der Waals surface area (Å²) in [5, 5.41) is 7.17. The Morgan fingerprint density at radius 3 is 2.58 bits per heavy atom. The number of nitrogens with one attached hydrogen (secondary N) is 1. The summed E-state index contributed by atoms with van der Waals surface area (Å²) in [5.74, 6) is -0.519. The zero-order valence-electron chi connectivity index (χ0n) is 18.3. The first kappa shape index (κ1) is 25.0. The number of sulfone groups is 1. The van der Waals surface area contributed by atoms with E-state index in [0.29, 0.717) is 12.3 Å². The Kier molecular flexibility index (Phi) is 9.17. The number of carbonyl (C=O) groups is 2. The van der Waals surface area contributed by atoms with Crippen LogP contribution in [-0.2, 0) is 19.4 Å². The van der Waals surface area contributed by atoms with E-state index in [2.05, 4.69) is 20.1 Å². The predicted octanol–water partition coefficient (Wildman–Crippen LogP) is 3.71. The van der Waals surface area contributed by atoms with Gasteiger partial charge in [-0.3, -0.25) is 9.48 Å². The molecule has 1 unspecified atom stereocenters. The van der Waals surface area contributed by atoms with E-state index in [4.69, 9.17) is 0 Å². The maximum absolute atomic E-state index is 13.0. The van der Waals surface area contributed by atoms with Gasteiger partial charge in [0.1, 0.15) is 15.8 Å². The van der Waals surface area contributed by atoms with Crippen molar-refractivity contribution in [2.75, 3.05) is 18.2 Å². The summed E-state index contributed by atoms with van der Waals surface area (Å²) in [6.45, 7) is 5.57. The molecule has 3 rings (SSSR count).